The third kappa shape index (κ3) is 1.81. The molecule has 1 nitrogen and oxygen atoms in total. The van der Waals surface area contributed by atoms with E-state index in [4.69, 9.17) is 0 Å². The molecule has 1 aliphatic carbocycles. The third-order valence-corrected chi connectivity index (χ3v) is 5.05. The number of fused-ring (bicyclic) bond motifs is 3. The molecule has 0 aromatic heterocycles. The zero-order valence-electron chi connectivity index (χ0n) is 12.1. The summed E-state index contributed by atoms with van der Waals surface area (Å²) in [6, 6.07) is 18.6. The van der Waals surface area contributed by atoms with Crippen molar-refractivity contribution in [3.8, 4) is 11.1 Å². The summed E-state index contributed by atoms with van der Waals surface area (Å²) in [4.78, 5) is 1.76. The second kappa shape index (κ2) is 4.75. The maximum absolute atomic E-state index is 2.41. The van der Waals surface area contributed by atoms with Crippen LogP contribution < -0.4 is 4.90 Å². The van der Waals surface area contributed by atoms with Crippen molar-refractivity contribution in [2.24, 2.45) is 5.92 Å². The van der Waals surface area contributed by atoms with Crippen LogP contribution in [0.2, 0.25) is 0 Å². The highest BCUT2D eigenvalue weighted by Crippen LogP contribution is 2.41. The van der Waals surface area contributed by atoms with Gasteiger partial charge in [0.1, 0.15) is 6.04 Å². The summed E-state index contributed by atoms with van der Waals surface area (Å²) >= 11 is 0. The van der Waals surface area contributed by atoms with E-state index in [2.05, 4.69) is 55.5 Å². The molecule has 0 spiro atoms. The topological polar surface area (TPSA) is 4.44 Å². The molecule has 1 heterocycles. The van der Waals surface area contributed by atoms with E-state index in [1.807, 2.05) is 0 Å². The first-order chi connectivity index (χ1) is 9.84. The van der Waals surface area contributed by atoms with E-state index in [0.29, 0.717) is 6.04 Å². The average Bonchev–Trinajstić information content (AvgIpc) is 2.82. The van der Waals surface area contributed by atoms with Gasteiger partial charge in [-0.2, -0.15) is 0 Å². The lowest BCUT2D eigenvalue weighted by Gasteiger charge is -2.33. The Hall–Kier alpha value is -1.60. The van der Waals surface area contributed by atoms with E-state index in [0.717, 1.165) is 5.92 Å². The van der Waals surface area contributed by atoms with Crippen LogP contribution in [0.25, 0.3) is 11.1 Å². The average molecular weight is 264 g/mol. The molecule has 2 aromatic rings. The van der Waals surface area contributed by atoms with Crippen molar-refractivity contribution >= 4 is 0 Å². The minimum atomic E-state index is 0.560. The van der Waals surface area contributed by atoms with Crippen LogP contribution in [0, 0.1) is 5.92 Å². The van der Waals surface area contributed by atoms with Gasteiger partial charge in [0.2, 0.25) is 0 Å². The van der Waals surface area contributed by atoms with Crippen LogP contribution in [-0.2, 0) is 0 Å². The lowest BCUT2D eigenvalue weighted by molar-refractivity contribution is -0.933. The normalized spacial score (nSPS) is 25.2. The Bertz CT molecular complexity index is 586. The summed E-state index contributed by atoms with van der Waals surface area (Å²) in [5.41, 5.74) is 5.99. The molecule has 0 amide bonds. The van der Waals surface area contributed by atoms with Gasteiger partial charge in [0.25, 0.3) is 0 Å². The van der Waals surface area contributed by atoms with E-state index >= 15 is 0 Å². The number of rotatable bonds is 1. The zero-order valence-corrected chi connectivity index (χ0v) is 12.1. The van der Waals surface area contributed by atoms with E-state index < -0.39 is 0 Å². The fourth-order valence-electron chi connectivity index (χ4n) is 4.19. The molecule has 1 saturated heterocycles. The SMILES string of the molecule is C[C@H]1CCC[NH+](C2c3ccccc3-c3ccccc32)C1. The Labute approximate surface area is 121 Å². The largest absolute Gasteiger partial charge is 0.325 e. The minimum Gasteiger partial charge on any atom is -0.325 e. The second-order valence-corrected chi connectivity index (χ2v) is 6.47. The van der Waals surface area contributed by atoms with Gasteiger partial charge in [0.05, 0.1) is 13.1 Å². The van der Waals surface area contributed by atoms with Crippen molar-refractivity contribution in [2.75, 3.05) is 13.1 Å². The molecule has 102 valence electrons. The van der Waals surface area contributed by atoms with E-state index in [1.54, 1.807) is 4.90 Å². The van der Waals surface area contributed by atoms with Crippen molar-refractivity contribution in [3.05, 3.63) is 59.7 Å². The molecule has 1 unspecified atom stereocenters. The molecular weight excluding hydrogens is 242 g/mol. The predicted octanol–water partition coefficient (Wildman–Crippen LogP) is 3.07. The summed E-state index contributed by atoms with van der Waals surface area (Å²) in [5, 5.41) is 0. The maximum atomic E-state index is 2.41. The second-order valence-electron chi connectivity index (χ2n) is 6.47. The molecule has 20 heavy (non-hydrogen) atoms. The minimum absolute atomic E-state index is 0.560. The Morgan fingerprint density at radius 1 is 0.900 bits per heavy atom. The highest BCUT2D eigenvalue weighted by Gasteiger charge is 2.37. The van der Waals surface area contributed by atoms with Crippen LogP contribution in [0.5, 0.6) is 0 Å². The summed E-state index contributed by atoms with van der Waals surface area (Å²) in [5.74, 6) is 0.860. The van der Waals surface area contributed by atoms with Crippen LogP contribution in [0.1, 0.15) is 36.9 Å². The van der Waals surface area contributed by atoms with Gasteiger partial charge in [0, 0.05) is 17.0 Å². The zero-order chi connectivity index (χ0) is 13.5. The molecule has 2 aliphatic rings. The smallest absolute Gasteiger partial charge is 0.140 e. The number of quaternary nitrogens is 1. The Kier molecular flexibility index (Phi) is 2.89. The van der Waals surface area contributed by atoms with Crippen molar-refractivity contribution in [2.45, 2.75) is 25.8 Å². The fraction of sp³-hybridized carbons (Fsp3) is 0.368. The van der Waals surface area contributed by atoms with Gasteiger partial charge in [-0.05, 0) is 24.0 Å². The first-order valence-corrected chi connectivity index (χ1v) is 7.87. The summed E-state index contributed by atoms with van der Waals surface area (Å²) in [7, 11) is 0. The van der Waals surface area contributed by atoms with Crippen LogP contribution in [0.3, 0.4) is 0 Å². The van der Waals surface area contributed by atoms with Gasteiger partial charge >= 0.3 is 0 Å². The lowest BCUT2D eigenvalue weighted by Crippen LogP contribution is -3.13. The van der Waals surface area contributed by atoms with Crippen LogP contribution in [-0.4, -0.2) is 13.1 Å². The fourth-order valence-corrected chi connectivity index (χ4v) is 4.19. The van der Waals surface area contributed by atoms with Gasteiger partial charge in [-0.25, -0.2) is 0 Å². The Morgan fingerprint density at radius 3 is 2.10 bits per heavy atom. The van der Waals surface area contributed by atoms with Gasteiger partial charge < -0.3 is 4.90 Å². The number of benzene rings is 2. The van der Waals surface area contributed by atoms with Gasteiger partial charge in [-0.15, -0.1) is 0 Å². The monoisotopic (exact) mass is 264 g/mol. The lowest BCUT2D eigenvalue weighted by atomic mass is 9.95. The standard InChI is InChI=1S/C19H21N/c1-14-7-6-12-20(13-14)19-17-10-4-2-8-15(17)16-9-3-5-11-18(16)19/h2-5,8-11,14,19H,6-7,12-13H2,1H3/p+1/t14-/m0/s1. The number of nitrogens with one attached hydrogen (secondary N) is 1. The highest BCUT2D eigenvalue weighted by atomic mass is 15.2. The number of piperidine rings is 1. The summed E-state index contributed by atoms with van der Waals surface area (Å²) in [6.45, 7) is 5.04. The Balaban J connectivity index is 1.83. The highest BCUT2D eigenvalue weighted by molar-refractivity contribution is 5.77. The molecule has 0 saturated carbocycles. The van der Waals surface area contributed by atoms with Gasteiger partial charge in [-0.3, -0.25) is 0 Å². The molecule has 1 N–H and O–H groups in total. The Morgan fingerprint density at radius 2 is 1.50 bits per heavy atom. The number of hydrogen-bond acceptors (Lipinski definition) is 0. The molecule has 2 aromatic carbocycles. The van der Waals surface area contributed by atoms with E-state index in [-0.39, 0.29) is 0 Å². The van der Waals surface area contributed by atoms with Crippen molar-refractivity contribution < 1.29 is 4.90 Å². The first-order valence-electron chi connectivity index (χ1n) is 7.87. The molecule has 2 atom stereocenters. The van der Waals surface area contributed by atoms with Crippen molar-refractivity contribution in [3.63, 3.8) is 0 Å². The van der Waals surface area contributed by atoms with Crippen molar-refractivity contribution in [1.29, 1.82) is 0 Å². The number of likely N-dealkylation sites (tertiary alicyclic amines) is 1. The summed E-state index contributed by atoms with van der Waals surface area (Å²) in [6.07, 6.45) is 2.77. The third-order valence-electron chi connectivity index (χ3n) is 5.05. The summed E-state index contributed by atoms with van der Waals surface area (Å²) < 4.78 is 0. The first kappa shape index (κ1) is 12.2. The molecular formula is C19H22N+. The maximum Gasteiger partial charge on any atom is 0.140 e. The van der Waals surface area contributed by atoms with Crippen molar-refractivity contribution in [1.82, 2.24) is 0 Å². The van der Waals surface area contributed by atoms with Gasteiger partial charge in [0.15, 0.2) is 0 Å². The van der Waals surface area contributed by atoms with Crippen LogP contribution in [0.15, 0.2) is 48.5 Å². The number of hydrogen-bond donors (Lipinski definition) is 1. The van der Waals surface area contributed by atoms with Crippen LogP contribution >= 0.6 is 0 Å². The predicted molar refractivity (Wildman–Crippen MR) is 82.8 cm³/mol. The van der Waals surface area contributed by atoms with Crippen LogP contribution in [0.4, 0.5) is 0 Å². The molecule has 1 aliphatic heterocycles. The molecule has 0 bridgehead atoms. The molecule has 4 rings (SSSR count). The van der Waals surface area contributed by atoms with E-state index in [9.17, 15) is 0 Å². The quantitative estimate of drug-likeness (QED) is 0.807. The molecule has 1 heteroatoms. The van der Waals surface area contributed by atoms with Gasteiger partial charge in [-0.1, -0.05) is 55.5 Å². The van der Waals surface area contributed by atoms with E-state index in [1.165, 1.54) is 48.2 Å². The molecule has 1 fully saturated rings. The molecule has 0 radical (unpaired) electrons.